The van der Waals surface area contributed by atoms with Gasteiger partial charge in [0.15, 0.2) is 0 Å². The van der Waals surface area contributed by atoms with E-state index in [0.717, 1.165) is 29.6 Å². The van der Waals surface area contributed by atoms with Gasteiger partial charge >= 0.3 is 0 Å². The first kappa shape index (κ1) is 14.9. The quantitative estimate of drug-likeness (QED) is 0.840. The zero-order chi connectivity index (χ0) is 14.0. The van der Waals surface area contributed by atoms with Crippen molar-refractivity contribution in [2.24, 2.45) is 0 Å². The van der Waals surface area contributed by atoms with E-state index in [9.17, 15) is 0 Å². The Kier molecular flexibility index (Phi) is 4.91. The molecule has 1 aliphatic heterocycles. The van der Waals surface area contributed by atoms with Gasteiger partial charge in [-0.05, 0) is 43.0 Å². The Morgan fingerprint density at radius 1 is 1.32 bits per heavy atom. The van der Waals surface area contributed by atoms with Gasteiger partial charge in [0.2, 0.25) is 0 Å². The monoisotopic (exact) mass is 325 g/mol. The van der Waals surface area contributed by atoms with E-state index in [2.05, 4.69) is 61.1 Å². The van der Waals surface area contributed by atoms with Crippen LogP contribution in [0, 0.1) is 0 Å². The fraction of sp³-hybridized carbons (Fsp3) is 0.625. The second-order valence-electron chi connectivity index (χ2n) is 5.56. The molecule has 19 heavy (non-hydrogen) atoms. The number of nitrogens with one attached hydrogen (secondary N) is 1. The maximum atomic E-state index is 6.23. The van der Waals surface area contributed by atoms with Crippen molar-refractivity contribution in [1.29, 1.82) is 0 Å². The van der Waals surface area contributed by atoms with E-state index >= 15 is 0 Å². The normalized spacial score (nSPS) is 21.6. The van der Waals surface area contributed by atoms with Gasteiger partial charge in [-0.15, -0.1) is 0 Å². The Balaban J connectivity index is 2.40. The molecule has 1 aliphatic rings. The summed E-state index contributed by atoms with van der Waals surface area (Å²) < 4.78 is 7.38. The molecule has 2 unspecified atom stereocenters. The fourth-order valence-electron chi connectivity index (χ4n) is 2.71. The van der Waals surface area contributed by atoms with Crippen LogP contribution in [0.2, 0.25) is 0 Å². The van der Waals surface area contributed by atoms with Crippen molar-refractivity contribution in [2.45, 2.75) is 58.6 Å². The van der Waals surface area contributed by atoms with Crippen molar-refractivity contribution in [3.05, 3.63) is 27.7 Å². The van der Waals surface area contributed by atoms with Crippen LogP contribution in [0.3, 0.4) is 0 Å². The smallest absolute Gasteiger partial charge is 0.128 e. The second-order valence-corrected chi connectivity index (χ2v) is 6.48. The highest BCUT2D eigenvalue weighted by atomic mass is 79.9. The van der Waals surface area contributed by atoms with Gasteiger partial charge in [-0.1, -0.05) is 43.6 Å². The van der Waals surface area contributed by atoms with Crippen LogP contribution in [0.25, 0.3) is 0 Å². The third-order valence-corrected chi connectivity index (χ3v) is 4.18. The minimum absolute atomic E-state index is 0.258. The van der Waals surface area contributed by atoms with Gasteiger partial charge < -0.3 is 10.1 Å². The Morgan fingerprint density at radius 3 is 2.63 bits per heavy atom. The minimum atomic E-state index is 0.258. The summed E-state index contributed by atoms with van der Waals surface area (Å²) in [6.45, 7) is 9.87. The molecule has 0 amide bonds. The van der Waals surface area contributed by atoms with Crippen LogP contribution in [0.1, 0.15) is 63.6 Å². The largest absolute Gasteiger partial charge is 0.488 e. The van der Waals surface area contributed by atoms with Crippen LogP contribution in [0.4, 0.5) is 0 Å². The molecular formula is C16H24BrNO. The molecular weight excluding hydrogens is 302 g/mol. The third kappa shape index (κ3) is 2.97. The van der Waals surface area contributed by atoms with E-state index in [0.29, 0.717) is 12.0 Å². The minimum Gasteiger partial charge on any atom is -0.488 e. The topological polar surface area (TPSA) is 21.3 Å². The van der Waals surface area contributed by atoms with Gasteiger partial charge in [0, 0.05) is 10.0 Å². The summed E-state index contributed by atoms with van der Waals surface area (Å²) in [7, 11) is 0. The van der Waals surface area contributed by atoms with Crippen LogP contribution in [0.5, 0.6) is 5.75 Å². The van der Waals surface area contributed by atoms with E-state index in [-0.39, 0.29) is 6.10 Å². The second kappa shape index (κ2) is 6.27. The number of hydrogen-bond donors (Lipinski definition) is 1. The molecule has 0 spiro atoms. The molecule has 1 aromatic carbocycles. The van der Waals surface area contributed by atoms with Gasteiger partial charge in [-0.3, -0.25) is 0 Å². The first-order chi connectivity index (χ1) is 9.08. The molecule has 1 heterocycles. The molecule has 0 radical (unpaired) electrons. The lowest BCUT2D eigenvalue weighted by Crippen LogP contribution is -2.31. The predicted molar refractivity (Wildman–Crippen MR) is 84.0 cm³/mol. The number of benzene rings is 1. The summed E-state index contributed by atoms with van der Waals surface area (Å²) in [5.41, 5.74) is 2.63. The SMILES string of the molecule is CCCNC1c2cc(Br)cc(C(C)C)c2OC1CC. The number of hydrogen-bond acceptors (Lipinski definition) is 2. The van der Waals surface area contributed by atoms with E-state index in [1.54, 1.807) is 0 Å². The zero-order valence-electron chi connectivity index (χ0n) is 12.3. The summed E-state index contributed by atoms with van der Waals surface area (Å²) in [5.74, 6) is 1.59. The third-order valence-electron chi connectivity index (χ3n) is 3.73. The maximum absolute atomic E-state index is 6.23. The van der Waals surface area contributed by atoms with E-state index in [1.165, 1.54) is 11.1 Å². The highest BCUT2D eigenvalue weighted by molar-refractivity contribution is 9.10. The standard InChI is InChI=1S/C16H24BrNO/c1-5-7-18-15-13-9-11(17)8-12(10(3)4)16(13)19-14(15)6-2/h8-10,14-15,18H,5-7H2,1-4H3. The van der Waals surface area contributed by atoms with Gasteiger partial charge in [-0.2, -0.15) is 0 Å². The Bertz CT molecular complexity index is 445. The van der Waals surface area contributed by atoms with Crippen LogP contribution in [-0.4, -0.2) is 12.6 Å². The van der Waals surface area contributed by atoms with Crippen molar-refractivity contribution < 1.29 is 4.74 Å². The van der Waals surface area contributed by atoms with Crippen molar-refractivity contribution in [3.63, 3.8) is 0 Å². The van der Waals surface area contributed by atoms with E-state index in [1.807, 2.05) is 0 Å². The van der Waals surface area contributed by atoms with E-state index in [4.69, 9.17) is 4.74 Å². The molecule has 3 heteroatoms. The molecule has 1 aromatic rings. The molecule has 0 bridgehead atoms. The van der Waals surface area contributed by atoms with Gasteiger partial charge in [-0.25, -0.2) is 0 Å². The van der Waals surface area contributed by atoms with Crippen LogP contribution >= 0.6 is 15.9 Å². The first-order valence-electron chi connectivity index (χ1n) is 7.31. The molecule has 106 valence electrons. The molecule has 0 aromatic heterocycles. The van der Waals surface area contributed by atoms with Crippen molar-refractivity contribution >= 4 is 15.9 Å². The van der Waals surface area contributed by atoms with Crippen LogP contribution in [-0.2, 0) is 0 Å². The fourth-order valence-corrected chi connectivity index (χ4v) is 3.21. The number of rotatable bonds is 5. The highest BCUT2D eigenvalue weighted by Gasteiger charge is 2.35. The Hall–Kier alpha value is -0.540. The van der Waals surface area contributed by atoms with Gasteiger partial charge in [0.05, 0.1) is 6.04 Å². The van der Waals surface area contributed by atoms with Gasteiger partial charge in [0.25, 0.3) is 0 Å². The molecule has 0 fully saturated rings. The molecule has 2 atom stereocenters. The average molecular weight is 326 g/mol. The lowest BCUT2D eigenvalue weighted by atomic mass is 9.95. The number of ether oxygens (including phenoxy) is 1. The van der Waals surface area contributed by atoms with Gasteiger partial charge in [0.1, 0.15) is 11.9 Å². The Labute approximate surface area is 125 Å². The lowest BCUT2D eigenvalue weighted by molar-refractivity contribution is 0.183. The number of fused-ring (bicyclic) bond motifs is 1. The number of halogens is 1. The van der Waals surface area contributed by atoms with Crippen LogP contribution < -0.4 is 10.1 Å². The summed E-state index contributed by atoms with van der Waals surface area (Å²) in [6, 6.07) is 4.73. The lowest BCUT2D eigenvalue weighted by Gasteiger charge is -2.18. The van der Waals surface area contributed by atoms with E-state index < -0.39 is 0 Å². The summed E-state index contributed by atoms with van der Waals surface area (Å²) in [6.07, 6.45) is 2.44. The summed E-state index contributed by atoms with van der Waals surface area (Å²) in [4.78, 5) is 0. The maximum Gasteiger partial charge on any atom is 0.128 e. The van der Waals surface area contributed by atoms with Crippen molar-refractivity contribution in [1.82, 2.24) is 5.32 Å². The summed E-state index contributed by atoms with van der Waals surface area (Å²) in [5, 5.41) is 3.64. The Morgan fingerprint density at radius 2 is 2.05 bits per heavy atom. The highest BCUT2D eigenvalue weighted by Crippen LogP contribution is 2.44. The van der Waals surface area contributed by atoms with Crippen molar-refractivity contribution in [2.75, 3.05) is 6.54 Å². The molecule has 1 N–H and O–H groups in total. The van der Waals surface area contributed by atoms with Crippen molar-refractivity contribution in [3.8, 4) is 5.75 Å². The predicted octanol–water partition coefficient (Wildman–Crippen LogP) is 4.78. The average Bonchev–Trinajstić information content (AvgIpc) is 2.72. The van der Waals surface area contributed by atoms with Crippen LogP contribution in [0.15, 0.2) is 16.6 Å². The zero-order valence-corrected chi connectivity index (χ0v) is 13.9. The molecule has 0 saturated heterocycles. The first-order valence-corrected chi connectivity index (χ1v) is 8.11. The molecule has 2 nitrogen and oxygen atoms in total. The molecule has 2 rings (SSSR count). The summed E-state index contributed by atoms with van der Waals surface area (Å²) >= 11 is 3.64. The molecule has 0 saturated carbocycles. The molecule has 0 aliphatic carbocycles.